The molecule has 2 rings (SSSR count). The third-order valence-corrected chi connectivity index (χ3v) is 3.51. The van der Waals surface area contributed by atoms with Crippen LogP contribution in [0.4, 0.5) is 0 Å². The summed E-state index contributed by atoms with van der Waals surface area (Å²) in [5.41, 5.74) is 0. The smallest absolute Gasteiger partial charge is 0.307 e. The van der Waals surface area contributed by atoms with Crippen molar-refractivity contribution in [3.8, 4) is 0 Å². The molecule has 1 saturated carbocycles. The second-order valence-electron chi connectivity index (χ2n) is 4.59. The van der Waals surface area contributed by atoms with Crippen LogP contribution < -0.4 is 5.32 Å². The van der Waals surface area contributed by atoms with Crippen molar-refractivity contribution in [3.63, 3.8) is 0 Å². The molecule has 1 aliphatic carbocycles. The Morgan fingerprint density at radius 3 is 2.53 bits per heavy atom. The predicted molar refractivity (Wildman–Crippen MR) is 58.0 cm³/mol. The number of nitrogens with zero attached hydrogens (tertiary/aromatic N) is 1. The van der Waals surface area contributed by atoms with E-state index in [1.165, 1.54) is 4.90 Å². The van der Waals surface area contributed by atoms with Gasteiger partial charge in [-0.3, -0.25) is 14.4 Å². The second-order valence-corrected chi connectivity index (χ2v) is 4.59. The molecule has 1 saturated heterocycles. The number of likely N-dealkylation sites (tertiary alicyclic amines) is 1. The SMILES string of the molecule is CNC(=O)[C@@H]1CCCN1C(=O)[C@@H]1C[C@@H]1C(=O)O. The van der Waals surface area contributed by atoms with Crippen LogP contribution >= 0.6 is 0 Å². The quantitative estimate of drug-likeness (QED) is 0.692. The average molecular weight is 240 g/mol. The number of carbonyl (C=O) groups is 3. The third kappa shape index (κ3) is 2.11. The van der Waals surface area contributed by atoms with E-state index in [-0.39, 0.29) is 11.8 Å². The summed E-state index contributed by atoms with van der Waals surface area (Å²) in [6.07, 6.45) is 1.87. The molecule has 0 spiro atoms. The van der Waals surface area contributed by atoms with Crippen LogP contribution in [0.15, 0.2) is 0 Å². The van der Waals surface area contributed by atoms with Crippen molar-refractivity contribution in [2.75, 3.05) is 13.6 Å². The molecule has 6 nitrogen and oxygen atoms in total. The maximum atomic E-state index is 12.0. The fourth-order valence-corrected chi connectivity index (χ4v) is 2.42. The highest BCUT2D eigenvalue weighted by molar-refractivity contribution is 5.93. The zero-order valence-corrected chi connectivity index (χ0v) is 9.68. The molecular weight excluding hydrogens is 224 g/mol. The maximum Gasteiger partial charge on any atom is 0.307 e. The highest BCUT2D eigenvalue weighted by Crippen LogP contribution is 2.41. The Morgan fingerprint density at radius 1 is 1.29 bits per heavy atom. The zero-order valence-electron chi connectivity index (χ0n) is 9.68. The standard InChI is InChI=1S/C11H16N2O4/c1-12-9(14)8-3-2-4-13(8)10(15)6-5-7(6)11(16)17/h6-8H,2-5H2,1H3,(H,12,14)(H,16,17)/t6-,7+,8+/m1/s1. The van der Waals surface area contributed by atoms with Crippen LogP contribution in [0.1, 0.15) is 19.3 Å². The summed E-state index contributed by atoms with van der Waals surface area (Å²) in [7, 11) is 1.54. The highest BCUT2D eigenvalue weighted by atomic mass is 16.4. The number of hydrogen-bond acceptors (Lipinski definition) is 3. The first kappa shape index (κ1) is 11.9. The van der Waals surface area contributed by atoms with Gasteiger partial charge in [-0.05, 0) is 19.3 Å². The average Bonchev–Trinajstić information content (AvgIpc) is 2.97. The zero-order chi connectivity index (χ0) is 12.6. The molecule has 2 amide bonds. The van der Waals surface area contributed by atoms with Gasteiger partial charge in [-0.25, -0.2) is 0 Å². The maximum absolute atomic E-state index is 12.0. The van der Waals surface area contributed by atoms with Crippen LogP contribution in [0, 0.1) is 11.8 Å². The lowest BCUT2D eigenvalue weighted by atomic mass is 10.2. The Bertz CT molecular complexity index is 368. The van der Waals surface area contributed by atoms with E-state index in [0.29, 0.717) is 19.4 Å². The monoisotopic (exact) mass is 240 g/mol. The van der Waals surface area contributed by atoms with Gasteiger partial charge in [0.25, 0.3) is 0 Å². The lowest BCUT2D eigenvalue weighted by Crippen LogP contribution is -2.45. The van der Waals surface area contributed by atoms with Gasteiger partial charge in [0.15, 0.2) is 0 Å². The number of carboxylic acid groups (broad SMARTS) is 1. The molecule has 17 heavy (non-hydrogen) atoms. The van der Waals surface area contributed by atoms with E-state index in [1.54, 1.807) is 7.05 Å². The molecule has 0 radical (unpaired) electrons. The van der Waals surface area contributed by atoms with Gasteiger partial charge in [0.2, 0.25) is 11.8 Å². The van der Waals surface area contributed by atoms with E-state index >= 15 is 0 Å². The van der Waals surface area contributed by atoms with E-state index in [1.807, 2.05) is 0 Å². The molecule has 6 heteroatoms. The van der Waals surface area contributed by atoms with Gasteiger partial charge in [-0.15, -0.1) is 0 Å². The van der Waals surface area contributed by atoms with E-state index < -0.39 is 23.8 Å². The second kappa shape index (κ2) is 4.35. The van der Waals surface area contributed by atoms with Gasteiger partial charge >= 0.3 is 5.97 Å². The number of likely N-dealkylation sites (N-methyl/N-ethyl adjacent to an activating group) is 1. The molecule has 0 unspecified atom stereocenters. The van der Waals surface area contributed by atoms with Gasteiger partial charge in [0.05, 0.1) is 11.8 Å². The van der Waals surface area contributed by atoms with Crippen molar-refractivity contribution in [2.45, 2.75) is 25.3 Å². The Labute approximate surface area is 99.0 Å². The van der Waals surface area contributed by atoms with Gasteiger partial charge in [-0.2, -0.15) is 0 Å². The summed E-state index contributed by atoms with van der Waals surface area (Å²) < 4.78 is 0. The molecule has 1 aliphatic heterocycles. The summed E-state index contributed by atoms with van der Waals surface area (Å²) in [6.45, 7) is 0.555. The number of carbonyl (C=O) groups excluding carboxylic acids is 2. The lowest BCUT2D eigenvalue weighted by molar-refractivity contribution is -0.143. The number of aliphatic carboxylic acids is 1. The van der Waals surface area contributed by atoms with E-state index in [4.69, 9.17) is 5.11 Å². The predicted octanol–water partition coefficient (Wildman–Crippen LogP) is -0.556. The largest absolute Gasteiger partial charge is 0.481 e. The number of nitrogens with one attached hydrogen (secondary N) is 1. The molecule has 0 aromatic carbocycles. The Morgan fingerprint density at radius 2 is 2.00 bits per heavy atom. The minimum Gasteiger partial charge on any atom is -0.481 e. The highest BCUT2D eigenvalue weighted by Gasteiger charge is 2.51. The molecular formula is C11H16N2O4. The first-order valence-corrected chi connectivity index (χ1v) is 5.81. The van der Waals surface area contributed by atoms with Crippen molar-refractivity contribution < 1.29 is 19.5 Å². The number of amides is 2. The molecule has 1 heterocycles. The molecule has 2 aliphatic rings. The summed E-state index contributed by atoms with van der Waals surface area (Å²) in [6, 6.07) is -0.414. The van der Waals surface area contributed by atoms with Crippen LogP contribution in [0.2, 0.25) is 0 Å². The van der Waals surface area contributed by atoms with E-state index in [2.05, 4.69) is 5.32 Å². The molecule has 0 aromatic heterocycles. The Balaban J connectivity index is 2.00. The first-order valence-electron chi connectivity index (χ1n) is 5.81. The van der Waals surface area contributed by atoms with Gasteiger partial charge in [0.1, 0.15) is 6.04 Å². The number of rotatable bonds is 3. The van der Waals surface area contributed by atoms with E-state index in [0.717, 1.165) is 6.42 Å². The molecule has 0 bridgehead atoms. The fraction of sp³-hybridized carbons (Fsp3) is 0.727. The van der Waals surface area contributed by atoms with Gasteiger partial charge < -0.3 is 15.3 Å². The molecule has 2 N–H and O–H groups in total. The number of hydrogen-bond donors (Lipinski definition) is 2. The van der Waals surface area contributed by atoms with Crippen molar-refractivity contribution in [1.82, 2.24) is 10.2 Å². The summed E-state index contributed by atoms with van der Waals surface area (Å²) >= 11 is 0. The van der Waals surface area contributed by atoms with Crippen LogP contribution in [0.3, 0.4) is 0 Å². The summed E-state index contributed by atoms with van der Waals surface area (Å²) in [5, 5.41) is 11.3. The van der Waals surface area contributed by atoms with Crippen LogP contribution in [-0.2, 0) is 14.4 Å². The fourth-order valence-electron chi connectivity index (χ4n) is 2.42. The van der Waals surface area contributed by atoms with Gasteiger partial charge in [-0.1, -0.05) is 0 Å². The first-order chi connectivity index (χ1) is 8.06. The normalized spacial score (nSPS) is 31.1. The number of carboxylic acids is 1. The van der Waals surface area contributed by atoms with Crippen molar-refractivity contribution in [2.24, 2.45) is 11.8 Å². The van der Waals surface area contributed by atoms with Gasteiger partial charge in [0, 0.05) is 13.6 Å². The lowest BCUT2D eigenvalue weighted by Gasteiger charge is -2.23. The molecule has 0 aromatic rings. The van der Waals surface area contributed by atoms with Crippen LogP contribution in [0.25, 0.3) is 0 Å². The third-order valence-electron chi connectivity index (χ3n) is 3.51. The van der Waals surface area contributed by atoms with E-state index in [9.17, 15) is 14.4 Å². The Hall–Kier alpha value is -1.59. The van der Waals surface area contributed by atoms with Crippen LogP contribution in [-0.4, -0.2) is 47.4 Å². The van der Waals surface area contributed by atoms with Crippen molar-refractivity contribution in [3.05, 3.63) is 0 Å². The molecule has 3 atom stereocenters. The minimum absolute atomic E-state index is 0.164. The van der Waals surface area contributed by atoms with Crippen molar-refractivity contribution >= 4 is 17.8 Å². The Kier molecular flexibility index (Phi) is 3.04. The summed E-state index contributed by atoms with van der Waals surface area (Å²) in [4.78, 5) is 35.8. The summed E-state index contributed by atoms with van der Waals surface area (Å²) in [5.74, 6) is -2.22. The molecule has 94 valence electrons. The topological polar surface area (TPSA) is 86.7 Å². The van der Waals surface area contributed by atoms with Crippen LogP contribution in [0.5, 0.6) is 0 Å². The van der Waals surface area contributed by atoms with Crippen molar-refractivity contribution in [1.29, 1.82) is 0 Å². The minimum atomic E-state index is -0.918. The molecule has 2 fully saturated rings.